The summed E-state index contributed by atoms with van der Waals surface area (Å²) in [4.78, 5) is 0. The number of para-hydroxylation sites is 4. The zero-order chi connectivity index (χ0) is 26.2. The van der Waals surface area contributed by atoms with Crippen molar-refractivity contribution in [2.75, 3.05) is 34.1 Å². The fourth-order valence-corrected chi connectivity index (χ4v) is 5.19. The van der Waals surface area contributed by atoms with E-state index in [1.54, 1.807) is 0 Å². The minimum absolute atomic E-state index is 0.0868. The van der Waals surface area contributed by atoms with Gasteiger partial charge in [0, 0.05) is 33.7 Å². The van der Waals surface area contributed by atoms with Gasteiger partial charge in [0.15, 0.2) is 0 Å². The Labute approximate surface area is 228 Å². The summed E-state index contributed by atoms with van der Waals surface area (Å²) in [5.74, 6) is 1.79. The number of anilines is 4. The van der Waals surface area contributed by atoms with E-state index in [0.29, 0.717) is 13.2 Å². The van der Waals surface area contributed by atoms with E-state index in [0.717, 1.165) is 58.0 Å². The van der Waals surface area contributed by atoms with Crippen molar-refractivity contribution in [1.29, 1.82) is 0 Å². The topological polar surface area (TPSA) is 66.6 Å². The lowest BCUT2D eigenvalue weighted by molar-refractivity contribution is 0.300. The van der Waals surface area contributed by atoms with Gasteiger partial charge in [-0.25, -0.2) is 0 Å². The fourth-order valence-electron chi connectivity index (χ4n) is 5.19. The molecule has 8 heteroatoms. The van der Waals surface area contributed by atoms with Gasteiger partial charge in [0.2, 0.25) is 0 Å². The maximum Gasteiger partial charge on any atom is 0.410 e. The van der Waals surface area contributed by atoms with Crippen molar-refractivity contribution in [3.8, 4) is 11.5 Å². The van der Waals surface area contributed by atoms with Crippen LogP contribution in [-0.2, 0) is 0 Å². The van der Waals surface area contributed by atoms with Crippen molar-refractivity contribution in [3.05, 3.63) is 60.7 Å². The molecule has 0 radical (unpaired) electrons. The summed E-state index contributed by atoms with van der Waals surface area (Å²) in [5, 5.41) is 14.6. The van der Waals surface area contributed by atoms with E-state index >= 15 is 0 Å². The standard InChI is InChI=1S/C30H40B2N4O2/c1-3-5-7-13-19-37-29-21-24(32-35-27-17-11-12-18-28(27)36-32)30(38-20-14-8-6-4-2)22-23(29)31-33-25-15-9-10-16-26(25)34-31/h9-12,15-18,21-22,33-36H,3-8,13-14,19-20H2,1-2H3. The number of rotatable bonds is 14. The Morgan fingerprint density at radius 3 is 1.24 bits per heavy atom. The number of hydrogen-bond donors (Lipinski definition) is 4. The highest BCUT2D eigenvalue weighted by molar-refractivity contribution is 6.83. The molecular weight excluding hydrogens is 470 g/mol. The SMILES string of the molecule is CCCCCCOc1cc(B2Nc3ccccc3N2)c(OCCCCCC)cc1B1Nc2ccccc2N1. The van der Waals surface area contributed by atoms with Gasteiger partial charge in [-0.05, 0) is 49.2 Å². The fraction of sp³-hybridized carbons (Fsp3) is 0.400. The number of ether oxygens (including phenoxy) is 2. The minimum atomic E-state index is -0.0868. The van der Waals surface area contributed by atoms with Crippen molar-refractivity contribution in [2.45, 2.75) is 65.2 Å². The lowest BCUT2D eigenvalue weighted by Gasteiger charge is -2.21. The number of benzene rings is 3. The van der Waals surface area contributed by atoms with Crippen LogP contribution in [-0.4, -0.2) is 27.2 Å². The molecule has 0 saturated carbocycles. The van der Waals surface area contributed by atoms with Crippen molar-refractivity contribution < 1.29 is 9.47 Å². The van der Waals surface area contributed by atoms with Gasteiger partial charge in [-0.1, -0.05) is 76.6 Å². The van der Waals surface area contributed by atoms with E-state index in [4.69, 9.17) is 9.47 Å². The Balaban J connectivity index is 1.44. The van der Waals surface area contributed by atoms with E-state index in [2.05, 4.69) is 95.4 Å². The van der Waals surface area contributed by atoms with Crippen LogP contribution in [0.4, 0.5) is 22.7 Å². The first kappa shape index (κ1) is 26.2. The van der Waals surface area contributed by atoms with Crippen LogP contribution in [0.25, 0.3) is 0 Å². The highest BCUT2D eigenvalue weighted by Gasteiger charge is 2.35. The molecule has 0 atom stereocenters. The maximum absolute atomic E-state index is 6.49. The third kappa shape index (κ3) is 6.17. The van der Waals surface area contributed by atoms with Gasteiger partial charge < -0.3 is 30.4 Å². The monoisotopic (exact) mass is 510 g/mol. The van der Waals surface area contributed by atoms with Gasteiger partial charge in [-0.3, -0.25) is 0 Å². The van der Waals surface area contributed by atoms with Gasteiger partial charge in [0.05, 0.1) is 13.2 Å². The highest BCUT2D eigenvalue weighted by Crippen LogP contribution is 2.30. The zero-order valence-electron chi connectivity index (χ0n) is 22.8. The second-order valence-corrected chi connectivity index (χ2v) is 10.3. The summed E-state index contributed by atoms with van der Waals surface area (Å²) in [6, 6.07) is 21.0. The Hall–Kier alpha value is -3.41. The van der Waals surface area contributed by atoms with Crippen LogP contribution < -0.4 is 41.3 Å². The average molecular weight is 510 g/mol. The average Bonchev–Trinajstić information content (AvgIpc) is 3.57. The molecule has 0 spiro atoms. The van der Waals surface area contributed by atoms with Crippen LogP contribution >= 0.6 is 0 Å². The van der Waals surface area contributed by atoms with Gasteiger partial charge in [0.1, 0.15) is 11.5 Å². The van der Waals surface area contributed by atoms with Gasteiger partial charge in [-0.15, -0.1) is 0 Å². The van der Waals surface area contributed by atoms with Crippen molar-refractivity contribution in [3.63, 3.8) is 0 Å². The van der Waals surface area contributed by atoms with Crippen molar-refractivity contribution in [2.24, 2.45) is 0 Å². The molecule has 38 heavy (non-hydrogen) atoms. The third-order valence-electron chi connectivity index (χ3n) is 7.33. The highest BCUT2D eigenvalue weighted by atomic mass is 16.5. The first-order valence-electron chi connectivity index (χ1n) is 14.4. The van der Waals surface area contributed by atoms with E-state index in [1.807, 2.05) is 0 Å². The molecule has 3 aromatic carbocycles. The van der Waals surface area contributed by atoms with Crippen LogP contribution in [0.15, 0.2) is 60.7 Å². The predicted molar refractivity (Wildman–Crippen MR) is 164 cm³/mol. The van der Waals surface area contributed by atoms with Gasteiger partial charge >= 0.3 is 14.0 Å². The first-order chi connectivity index (χ1) is 18.8. The van der Waals surface area contributed by atoms with E-state index < -0.39 is 0 Å². The summed E-state index contributed by atoms with van der Waals surface area (Å²) in [6.07, 6.45) is 9.38. The molecule has 6 nitrogen and oxygen atoms in total. The first-order valence-corrected chi connectivity index (χ1v) is 14.4. The largest absolute Gasteiger partial charge is 0.494 e. The lowest BCUT2D eigenvalue weighted by atomic mass is 9.64. The number of fused-ring (bicyclic) bond motifs is 2. The summed E-state index contributed by atoms with van der Waals surface area (Å²) in [5.41, 5.74) is 6.55. The normalized spacial score (nSPS) is 13.2. The van der Waals surface area contributed by atoms with Crippen LogP contribution in [0.1, 0.15) is 65.2 Å². The summed E-state index contributed by atoms with van der Waals surface area (Å²) < 4.78 is 13.0. The molecule has 2 heterocycles. The van der Waals surface area contributed by atoms with Crippen LogP contribution in [0, 0.1) is 0 Å². The molecule has 0 aromatic heterocycles. The number of hydrogen-bond acceptors (Lipinski definition) is 6. The van der Waals surface area contributed by atoms with Crippen LogP contribution in [0.2, 0.25) is 0 Å². The van der Waals surface area contributed by atoms with E-state index in [-0.39, 0.29) is 14.0 Å². The van der Waals surface area contributed by atoms with Crippen LogP contribution in [0.5, 0.6) is 11.5 Å². The van der Waals surface area contributed by atoms with Crippen molar-refractivity contribution >= 4 is 47.6 Å². The molecule has 0 unspecified atom stereocenters. The van der Waals surface area contributed by atoms with Crippen LogP contribution in [0.3, 0.4) is 0 Å². The smallest absolute Gasteiger partial charge is 0.410 e. The molecule has 0 aliphatic carbocycles. The molecule has 198 valence electrons. The Morgan fingerprint density at radius 2 is 0.895 bits per heavy atom. The molecule has 0 saturated heterocycles. The molecule has 5 rings (SSSR count). The maximum atomic E-state index is 6.49. The molecule has 2 aliphatic rings. The Morgan fingerprint density at radius 1 is 0.526 bits per heavy atom. The molecule has 3 aromatic rings. The number of nitrogens with one attached hydrogen (secondary N) is 4. The minimum Gasteiger partial charge on any atom is -0.494 e. The van der Waals surface area contributed by atoms with Gasteiger partial charge in [-0.2, -0.15) is 0 Å². The second-order valence-electron chi connectivity index (χ2n) is 10.3. The Bertz CT molecular complexity index is 1070. The molecule has 4 N–H and O–H groups in total. The molecular formula is C30H40B2N4O2. The summed E-state index contributed by atoms with van der Waals surface area (Å²) in [7, 11) is 0. The van der Waals surface area contributed by atoms with E-state index in [9.17, 15) is 0 Å². The van der Waals surface area contributed by atoms with Crippen molar-refractivity contribution in [1.82, 2.24) is 0 Å². The quantitative estimate of drug-likeness (QED) is 0.156. The molecule has 0 amide bonds. The lowest BCUT2D eigenvalue weighted by Crippen LogP contribution is -2.47. The Kier molecular flexibility index (Phi) is 8.90. The van der Waals surface area contributed by atoms with Gasteiger partial charge in [0.25, 0.3) is 0 Å². The number of unbranched alkanes of at least 4 members (excludes halogenated alkanes) is 6. The molecule has 0 fully saturated rings. The summed E-state index contributed by atoms with van der Waals surface area (Å²) >= 11 is 0. The predicted octanol–water partition coefficient (Wildman–Crippen LogP) is 6.07. The molecule has 0 bridgehead atoms. The molecule has 2 aliphatic heterocycles. The summed E-state index contributed by atoms with van der Waals surface area (Å²) in [6.45, 7) is 5.71. The third-order valence-corrected chi connectivity index (χ3v) is 7.33. The zero-order valence-corrected chi connectivity index (χ0v) is 22.8. The van der Waals surface area contributed by atoms with E-state index in [1.165, 1.54) is 38.5 Å². The second kappa shape index (κ2) is 12.9.